The molecule has 11 rings (SSSR count). The minimum Gasteiger partial charge on any atom is -0.308 e. The van der Waals surface area contributed by atoms with Crippen molar-refractivity contribution < 1.29 is 0 Å². The second-order valence-electron chi connectivity index (χ2n) is 12.0. The third kappa shape index (κ3) is 3.23. The summed E-state index contributed by atoms with van der Waals surface area (Å²) in [4.78, 5) is 5.25. The molecule has 0 N–H and O–H groups in total. The highest BCUT2D eigenvalue weighted by Crippen LogP contribution is 2.49. The van der Waals surface area contributed by atoms with Crippen LogP contribution in [-0.4, -0.2) is 14.0 Å². The van der Waals surface area contributed by atoms with Crippen molar-refractivity contribution in [2.45, 2.75) is 0 Å². The smallest absolute Gasteiger partial charge is 0.146 e. The fraction of sp³-hybridized carbons (Fsp3) is 0. The molecular formula is C41H23N3S2. The summed E-state index contributed by atoms with van der Waals surface area (Å²) in [5.41, 5.74) is 10.4. The molecule has 0 bridgehead atoms. The van der Waals surface area contributed by atoms with Gasteiger partial charge in [-0.25, -0.2) is 4.98 Å². The van der Waals surface area contributed by atoms with E-state index < -0.39 is 0 Å². The lowest BCUT2D eigenvalue weighted by molar-refractivity contribution is 1.19. The average Bonchev–Trinajstić information content (AvgIpc) is 3.85. The Morgan fingerprint density at radius 1 is 0.500 bits per heavy atom. The summed E-state index contributed by atoms with van der Waals surface area (Å²) in [6.07, 6.45) is 0. The number of nitrogens with zero attached hydrogens (tertiary/aromatic N) is 3. The van der Waals surface area contributed by atoms with Crippen molar-refractivity contribution in [3.63, 3.8) is 0 Å². The van der Waals surface area contributed by atoms with E-state index in [9.17, 15) is 0 Å². The molecule has 5 heterocycles. The van der Waals surface area contributed by atoms with Crippen LogP contribution in [0.25, 0.3) is 95.8 Å². The number of rotatable bonds is 2. The zero-order valence-corrected chi connectivity index (χ0v) is 26.1. The van der Waals surface area contributed by atoms with Gasteiger partial charge in [0.25, 0.3) is 0 Å². The van der Waals surface area contributed by atoms with Crippen LogP contribution >= 0.6 is 22.7 Å². The van der Waals surface area contributed by atoms with E-state index in [1.807, 2.05) is 22.7 Å². The monoisotopic (exact) mass is 621 g/mol. The molecule has 6 aromatic carbocycles. The van der Waals surface area contributed by atoms with Crippen molar-refractivity contribution in [2.24, 2.45) is 0 Å². The molecule has 0 saturated carbocycles. The molecule has 0 amide bonds. The molecule has 0 aliphatic carbocycles. The SMILES string of the molecule is c1ccc(-n2c3ccc(-c4ccc5c(c4)nc4c6ccccc6c6ccccc6n54)cc3c3sc4sc5ccccc5c4c32)cc1. The Labute approximate surface area is 270 Å². The summed E-state index contributed by atoms with van der Waals surface area (Å²) in [6, 6.07) is 50.6. The zero-order chi connectivity index (χ0) is 29.9. The van der Waals surface area contributed by atoms with Crippen LogP contribution in [0, 0.1) is 0 Å². The summed E-state index contributed by atoms with van der Waals surface area (Å²) in [5, 5.41) is 7.66. The lowest BCUT2D eigenvalue weighted by Crippen LogP contribution is -1.93. The van der Waals surface area contributed by atoms with Gasteiger partial charge in [-0.05, 0) is 65.0 Å². The highest BCUT2D eigenvalue weighted by molar-refractivity contribution is 7.45. The van der Waals surface area contributed by atoms with Crippen LogP contribution in [-0.2, 0) is 0 Å². The molecule has 46 heavy (non-hydrogen) atoms. The molecule has 11 aromatic rings. The first-order chi connectivity index (χ1) is 22.8. The molecule has 5 aromatic heterocycles. The van der Waals surface area contributed by atoms with Crippen LogP contribution in [0.15, 0.2) is 140 Å². The Balaban J connectivity index is 1.18. The number of hydrogen-bond acceptors (Lipinski definition) is 3. The van der Waals surface area contributed by atoms with E-state index in [0.29, 0.717) is 0 Å². The number of aromatic nitrogens is 3. The second kappa shape index (κ2) is 9.04. The van der Waals surface area contributed by atoms with E-state index in [1.165, 1.54) is 79.1 Å². The van der Waals surface area contributed by atoms with Crippen LogP contribution in [0.4, 0.5) is 0 Å². The molecule has 0 aliphatic heterocycles. The van der Waals surface area contributed by atoms with Gasteiger partial charge in [-0.2, -0.15) is 0 Å². The minimum atomic E-state index is 1.00. The maximum absolute atomic E-state index is 5.25. The molecule has 3 nitrogen and oxygen atoms in total. The summed E-state index contributed by atoms with van der Waals surface area (Å²) >= 11 is 3.83. The quantitative estimate of drug-likeness (QED) is 0.176. The van der Waals surface area contributed by atoms with Crippen LogP contribution in [0.1, 0.15) is 0 Å². The Morgan fingerprint density at radius 3 is 2.07 bits per heavy atom. The van der Waals surface area contributed by atoms with Gasteiger partial charge >= 0.3 is 0 Å². The van der Waals surface area contributed by atoms with Gasteiger partial charge in [0.1, 0.15) is 5.65 Å². The van der Waals surface area contributed by atoms with Crippen molar-refractivity contribution in [2.75, 3.05) is 0 Å². The molecule has 0 saturated heterocycles. The Morgan fingerprint density at radius 2 is 1.20 bits per heavy atom. The van der Waals surface area contributed by atoms with Gasteiger partial charge in [0.05, 0.1) is 36.3 Å². The van der Waals surface area contributed by atoms with Crippen molar-refractivity contribution in [1.29, 1.82) is 0 Å². The number of benzene rings is 6. The highest BCUT2D eigenvalue weighted by atomic mass is 32.2. The van der Waals surface area contributed by atoms with E-state index in [-0.39, 0.29) is 0 Å². The zero-order valence-electron chi connectivity index (χ0n) is 24.4. The Hall–Kier alpha value is -5.49. The Bertz CT molecular complexity index is 3030. The van der Waals surface area contributed by atoms with E-state index >= 15 is 0 Å². The minimum absolute atomic E-state index is 1.00. The molecule has 214 valence electrons. The van der Waals surface area contributed by atoms with Gasteiger partial charge < -0.3 is 4.57 Å². The van der Waals surface area contributed by atoms with Crippen molar-refractivity contribution >= 4 is 102 Å². The molecule has 0 aliphatic rings. The van der Waals surface area contributed by atoms with Crippen LogP contribution in [0.2, 0.25) is 0 Å². The summed E-state index contributed by atoms with van der Waals surface area (Å²) in [5.74, 6) is 0. The standard InChI is InChI=1S/C41H23N3S2/c1-2-10-26(11-3-1)43-34-20-18-24(22-31(34)39-38(43)37-30-15-7-9-17-36(30)45-41(37)46-39)25-19-21-35-32(23-25)42-40-29-14-5-4-12-27(29)28-13-6-8-16-33(28)44(35)40/h1-23H. The maximum Gasteiger partial charge on any atom is 0.146 e. The van der Waals surface area contributed by atoms with E-state index in [4.69, 9.17) is 4.98 Å². The lowest BCUT2D eigenvalue weighted by Gasteiger charge is -2.09. The molecule has 0 spiro atoms. The first-order valence-electron chi connectivity index (χ1n) is 15.5. The van der Waals surface area contributed by atoms with Gasteiger partial charge in [0.15, 0.2) is 0 Å². The van der Waals surface area contributed by atoms with Gasteiger partial charge in [0.2, 0.25) is 0 Å². The first kappa shape index (κ1) is 24.8. The van der Waals surface area contributed by atoms with Crippen LogP contribution < -0.4 is 0 Å². The van der Waals surface area contributed by atoms with E-state index in [2.05, 4.69) is 148 Å². The fourth-order valence-electron chi connectivity index (χ4n) is 7.52. The van der Waals surface area contributed by atoms with Gasteiger partial charge in [0, 0.05) is 37.3 Å². The number of hydrogen-bond donors (Lipinski definition) is 0. The van der Waals surface area contributed by atoms with E-state index in [0.717, 1.165) is 16.7 Å². The molecule has 0 unspecified atom stereocenters. The largest absolute Gasteiger partial charge is 0.308 e. The number of imidazole rings is 1. The molecular weight excluding hydrogens is 599 g/mol. The lowest BCUT2D eigenvalue weighted by atomic mass is 10.0. The second-order valence-corrected chi connectivity index (χ2v) is 14.3. The van der Waals surface area contributed by atoms with Crippen LogP contribution in [0.3, 0.4) is 0 Å². The highest BCUT2D eigenvalue weighted by Gasteiger charge is 2.22. The summed E-state index contributed by atoms with van der Waals surface area (Å²) in [6.45, 7) is 0. The fourth-order valence-corrected chi connectivity index (χ4v) is 10.2. The van der Waals surface area contributed by atoms with Gasteiger partial charge in [-0.15, -0.1) is 22.7 Å². The van der Waals surface area contributed by atoms with Gasteiger partial charge in [-0.1, -0.05) is 91.0 Å². The summed E-state index contributed by atoms with van der Waals surface area (Å²) in [7, 11) is 0. The third-order valence-electron chi connectivity index (χ3n) is 9.52. The Kier molecular flexibility index (Phi) is 4.87. The average molecular weight is 622 g/mol. The number of fused-ring (bicyclic) bond motifs is 15. The van der Waals surface area contributed by atoms with Crippen molar-refractivity contribution in [3.05, 3.63) is 140 Å². The number of thiophene rings is 2. The predicted molar refractivity (Wildman–Crippen MR) is 198 cm³/mol. The molecule has 5 heteroatoms. The first-order valence-corrected chi connectivity index (χ1v) is 17.1. The maximum atomic E-state index is 5.25. The normalized spacial score (nSPS) is 12.3. The topological polar surface area (TPSA) is 22.2 Å². The third-order valence-corrected chi connectivity index (χ3v) is 12.0. The van der Waals surface area contributed by atoms with Gasteiger partial charge in [-0.3, -0.25) is 4.40 Å². The molecule has 0 fully saturated rings. The number of pyridine rings is 1. The van der Waals surface area contributed by atoms with Crippen molar-refractivity contribution in [1.82, 2.24) is 14.0 Å². The summed E-state index contributed by atoms with van der Waals surface area (Å²) < 4.78 is 8.87. The molecule has 0 atom stereocenters. The number of para-hydroxylation sites is 2. The predicted octanol–water partition coefficient (Wildman–Crippen LogP) is 12.0. The molecule has 0 radical (unpaired) electrons. The van der Waals surface area contributed by atoms with E-state index in [1.54, 1.807) is 0 Å². The van der Waals surface area contributed by atoms with Crippen molar-refractivity contribution in [3.8, 4) is 16.8 Å². The van der Waals surface area contributed by atoms with Crippen LogP contribution in [0.5, 0.6) is 0 Å².